The van der Waals surface area contributed by atoms with Gasteiger partial charge in [0.15, 0.2) is 11.5 Å². The van der Waals surface area contributed by atoms with Gasteiger partial charge in [-0.3, -0.25) is 14.9 Å². The third-order valence-electron chi connectivity index (χ3n) is 6.86. The lowest BCUT2D eigenvalue weighted by molar-refractivity contribution is -0.386. The fourth-order valence-corrected chi connectivity index (χ4v) is 5.14. The fourth-order valence-electron chi connectivity index (χ4n) is 5.14. The number of hydrogen-bond acceptors (Lipinski definition) is 8. The lowest BCUT2D eigenvalue weighted by atomic mass is 9.78. The van der Waals surface area contributed by atoms with E-state index in [1.165, 1.54) is 19.2 Å². The number of phenolic OH excluding ortho intramolecular Hbond substituents is 1. The lowest BCUT2D eigenvalue weighted by Crippen LogP contribution is -2.27. The van der Waals surface area contributed by atoms with Crippen LogP contribution in [0.1, 0.15) is 49.8 Å². The van der Waals surface area contributed by atoms with E-state index in [1.807, 2.05) is 62.4 Å². The van der Waals surface area contributed by atoms with Gasteiger partial charge in [0.05, 0.1) is 35.6 Å². The summed E-state index contributed by atoms with van der Waals surface area (Å²) in [6.45, 7) is 3.94. The molecule has 3 aromatic carbocycles. The van der Waals surface area contributed by atoms with E-state index in [0.29, 0.717) is 17.6 Å². The average molecular weight is 516 g/mol. The summed E-state index contributed by atoms with van der Waals surface area (Å²) in [6.07, 6.45) is 0.935. The zero-order chi connectivity index (χ0) is 27.0. The number of phenols is 1. The molecular formula is C29H29N3O6. The molecule has 0 saturated heterocycles. The first-order chi connectivity index (χ1) is 18.2. The minimum Gasteiger partial charge on any atom is -0.500 e. The van der Waals surface area contributed by atoms with Crippen LogP contribution in [0.15, 0.2) is 71.9 Å². The van der Waals surface area contributed by atoms with Gasteiger partial charge in [0, 0.05) is 23.8 Å². The predicted octanol–water partition coefficient (Wildman–Crippen LogP) is 6.08. The molecule has 2 aliphatic rings. The molecule has 1 heterocycles. The molecule has 1 aliphatic heterocycles. The third kappa shape index (κ3) is 4.74. The smallest absolute Gasteiger partial charge is 0.315 e. The largest absolute Gasteiger partial charge is 0.500 e. The number of para-hydroxylation sites is 2. The summed E-state index contributed by atoms with van der Waals surface area (Å²) < 4.78 is 11.0. The van der Waals surface area contributed by atoms with Crippen LogP contribution in [0.25, 0.3) is 0 Å². The maximum Gasteiger partial charge on any atom is 0.315 e. The van der Waals surface area contributed by atoms with Gasteiger partial charge in [-0.15, -0.1) is 0 Å². The first-order valence-corrected chi connectivity index (χ1v) is 12.5. The molecular weight excluding hydrogens is 486 g/mol. The first kappa shape index (κ1) is 25.1. The van der Waals surface area contributed by atoms with Gasteiger partial charge in [-0.05, 0) is 67.6 Å². The summed E-state index contributed by atoms with van der Waals surface area (Å²) in [6, 6.07) is 17.6. The summed E-state index contributed by atoms with van der Waals surface area (Å²) in [5.74, 6) is 0.0816. The second-order valence-electron chi connectivity index (χ2n) is 9.75. The van der Waals surface area contributed by atoms with E-state index in [-0.39, 0.29) is 30.0 Å². The van der Waals surface area contributed by atoms with E-state index in [4.69, 9.17) is 9.47 Å². The van der Waals surface area contributed by atoms with Crippen molar-refractivity contribution in [2.24, 2.45) is 0 Å². The number of Topliss-reactive ketones (excluding diaryl/α,β-unsaturated/α-hetero) is 1. The molecule has 38 heavy (non-hydrogen) atoms. The molecule has 0 fully saturated rings. The third-order valence-corrected chi connectivity index (χ3v) is 6.86. The molecule has 0 radical (unpaired) electrons. The predicted molar refractivity (Wildman–Crippen MR) is 144 cm³/mol. The van der Waals surface area contributed by atoms with Crippen LogP contribution in [-0.4, -0.2) is 29.0 Å². The summed E-state index contributed by atoms with van der Waals surface area (Å²) in [5, 5.41) is 28.9. The number of carbonyl (C=O) groups excluding carboxylic acids is 1. The van der Waals surface area contributed by atoms with Gasteiger partial charge in [0.2, 0.25) is 5.75 Å². The number of ketones is 1. The minimum absolute atomic E-state index is 0.0338. The number of benzene rings is 3. The molecule has 196 valence electrons. The molecule has 0 bridgehead atoms. The van der Waals surface area contributed by atoms with Crippen LogP contribution < -0.4 is 20.1 Å². The van der Waals surface area contributed by atoms with Crippen molar-refractivity contribution in [3.8, 4) is 17.2 Å². The topological polar surface area (TPSA) is 123 Å². The molecule has 0 spiro atoms. The van der Waals surface area contributed by atoms with Crippen molar-refractivity contribution in [2.45, 2.75) is 44.8 Å². The first-order valence-electron chi connectivity index (χ1n) is 12.5. The summed E-state index contributed by atoms with van der Waals surface area (Å²) in [5.41, 5.74) is 3.81. The van der Waals surface area contributed by atoms with E-state index in [0.717, 1.165) is 28.4 Å². The number of methoxy groups -OCH3 is 1. The molecule has 3 N–H and O–H groups in total. The average Bonchev–Trinajstić information content (AvgIpc) is 3.05. The Kier molecular flexibility index (Phi) is 6.67. The number of carbonyl (C=O) groups is 1. The summed E-state index contributed by atoms with van der Waals surface area (Å²) >= 11 is 0. The van der Waals surface area contributed by atoms with E-state index < -0.39 is 22.4 Å². The molecule has 0 amide bonds. The van der Waals surface area contributed by atoms with Gasteiger partial charge in [-0.25, -0.2) is 0 Å². The van der Waals surface area contributed by atoms with Crippen molar-refractivity contribution in [1.82, 2.24) is 0 Å². The molecule has 5 rings (SSSR count). The number of aromatic hydroxyl groups is 1. The Bertz CT molecular complexity index is 1430. The Hall–Kier alpha value is -4.53. The Morgan fingerprint density at radius 2 is 1.74 bits per heavy atom. The molecule has 3 aromatic rings. The molecule has 0 saturated carbocycles. The van der Waals surface area contributed by atoms with Crippen molar-refractivity contribution < 1.29 is 24.3 Å². The Balaban J connectivity index is 1.58. The number of hydrogen-bond donors (Lipinski definition) is 3. The maximum atomic E-state index is 13.8. The van der Waals surface area contributed by atoms with Crippen LogP contribution in [-0.2, 0) is 4.79 Å². The highest BCUT2D eigenvalue weighted by atomic mass is 16.6. The molecule has 2 unspecified atom stereocenters. The van der Waals surface area contributed by atoms with Gasteiger partial charge in [0.1, 0.15) is 5.75 Å². The van der Waals surface area contributed by atoms with Crippen molar-refractivity contribution in [3.63, 3.8) is 0 Å². The zero-order valence-electron chi connectivity index (χ0n) is 21.4. The molecule has 9 heteroatoms. The molecule has 1 aliphatic carbocycles. The highest BCUT2D eigenvalue weighted by molar-refractivity contribution is 6.01. The van der Waals surface area contributed by atoms with Crippen molar-refractivity contribution in [3.05, 3.63) is 93.2 Å². The summed E-state index contributed by atoms with van der Waals surface area (Å²) in [4.78, 5) is 24.8. The number of nitrogens with one attached hydrogen (secondary N) is 2. The van der Waals surface area contributed by atoms with Crippen LogP contribution in [0.2, 0.25) is 0 Å². The van der Waals surface area contributed by atoms with Gasteiger partial charge in [-0.2, -0.15) is 0 Å². The van der Waals surface area contributed by atoms with Crippen LogP contribution >= 0.6 is 0 Å². The minimum atomic E-state index is -0.690. The fraction of sp³-hybridized carbons (Fsp3) is 0.276. The van der Waals surface area contributed by atoms with E-state index in [2.05, 4.69) is 10.6 Å². The summed E-state index contributed by atoms with van der Waals surface area (Å²) in [7, 11) is 1.33. The normalized spacial score (nSPS) is 18.6. The number of allylic oxidation sites excluding steroid dienone is 1. The number of nitro benzene ring substituents is 1. The quantitative estimate of drug-likeness (QED) is 0.267. The number of anilines is 2. The number of nitrogens with zero attached hydrogens (tertiary/aromatic N) is 1. The van der Waals surface area contributed by atoms with E-state index in [1.54, 1.807) is 0 Å². The second kappa shape index (κ2) is 10.1. The van der Waals surface area contributed by atoms with Gasteiger partial charge < -0.3 is 25.2 Å². The zero-order valence-corrected chi connectivity index (χ0v) is 21.4. The Morgan fingerprint density at radius 3 is 2.39 bits per heavy atom. The number of rotatable bonds is 6. The standard InChI is InChI=1S/C29H29N3O6/c1-16(2)38-20-10-8-17(9-11-20)18-12-23-27(25(33)14-18)28(31-22-7-5-4-6-21(22)30-23)19-13-24(32(35)36)29(34)26(15-19)37-3/h4-11,13,15-16,18,28,30-31,34H,12,14H2,1-3H3. The monoisotopic (exact) mass is 515 g/mol. The second-order valence-corrected chi connectivity index (χ2v) is 9.75. The maximum absolute atomic E-state index is 13.8. The Morgan fingerprint density at radius 1 is 1.03 bits per heavy atom. The van der Waals surface area contributed by atoms with Crippen molar-refractivity contribution in [1.29, 1.82) is 0 Å². The number of ether oxygens (including phenoxy) is 2. The van der Waals surface area contributed by atoms with E-state index in [9.17, 15) is 20.0 Å². The molecule has 2 atom stereocenters. The Labute approximate surface area is 220 Å². The highest BCUT2D eigenvalue weighted by Gasteiger charge is 2.37. The molecule has 9 nitrogen and oxygen atoms in total. The molecule has 0 aromatic heterocycles. The number of fused-ring (bicyclic) bond motifs is 1. The number of nitro groups is 1. The van der Waals surface area contributed by atoms with Gasteiger partial charge in [0.25, 0.3) is 0 Å². The lowest BCUT2D eigenvalue weighted by Gasteiger charge is -2.30. The van der Waals surface area contributed by atoms with Crippen LogP contribution in [0.4, 0.5) is 17.1 Å². The van der Waals surface area contributed by atoms with E-state index >= 15 is 0 Å². The van der Waals surface area contributed by atoms with Crippen molar-refractivity contribution >= 4 is 22.8 Å². The SMILES string of the molecule is COc1cc(C2Nc3ccccc3NC3=C2C(=O)CC(c2ccc(OC(C)C)cc2)C3)cc([N+](=O)[O-])c1O. The van der Waals surface area contributed by atoms with Crippen molar-refractivity contribution in [2.75, 3.05) is 17.7 Å². The van der Waals surface area contributed by atoms with Gasteiger partial charge >= 0.3 is 5.69 Å². The van der Waals surface area contributed by atoms with Gasteiger partial charge in [-0.1, -0.05) is 24.3 Å². The van der Waals surface area contributed by atoms with Crippen LogP contribution in [0, 0.1) is 10.1 Å². The highest BCUT2D eigenvalue weighted by Crippen LogP contribution is 2.47. The van der Waals surface area contributed by atoms with Crippen LogP contribution in [0.3, 0.4) is 0 Å². The van der Waals surface area contributed by atoms with Crippen LogP contribution in [0.5, 0.6) is 17.2 Å².